The molecule has 1 N–H and O–H groups in total. The molecule has 6 heteroatoms. The van der Waals surface area contributed by atoms with Crippen molar-refractivity contribution in [2.75, 3.05) is 5.32 Å². The Morgan fingerprint density at radius 3 is 2.67 bits per heavy atom. The van der Waals surface area contributed by atoms with Gasteiger partial charge in [-0.2, -0.15) is 5.26 Å². The Kier molecular flexibility index (Phi) is 3.39. The molecular formula is C15H13N5O. The van der Waals surface area contributed by atoms with Gasteiger partial charge in [0.1, 0.15) is 18.2 Å². The highest BCUT2D eigenvalue weighted by atomic mass is 16.3. The highest BCUT2D eigenvalue weighted by Crippen LogP contribution is 2.19. The van der Waals surface area contributed by atoms with Crippen molar-refractivity contribution in [3.63, 3.8) is 0 Å². The molecule has 0 saturated heterocycles. The summed E-state index contributed by atoms with van der Waals surface area (Å²) in [5, 5.41) is 19.9. The molecule has 0 unspecified atom stereocenters. The predicted molar refractivity (Wildman–Crippen MR) is 77.2 cm³/mol. The molecule has 0 aliphatic carbocycles. The fourth-order valence-corrected chi connectivity index (χ4v) is 2.00. The van der Waals surface area contributed by atoms with Crippen LogP contribution in [-0.4, -0.2) is 14.8 Å². The molecular weight excluding hydrogens is 266 g/mol. The van der Waals surface area contributed by atoms with Crippen molar-refractivity contribution >= 4 is 5.69 Å². The van der Waals surface area contributed by atoms with E-state index in [-0.39, 0.29) is 0 Å². The van der Waals surface area contributed by atoms with Crippen molar-refractivity contribution in [3.05, 3.63) is 54.2 Å². The molecule has 2 aromatic heterocycles. The van der Waals surface area contributed by atoms with Gasteiger partial charge in [-0.05, 0) is 36.4 Å². The largest absolute Gasteiger partial charge is 0.449 e. The van der Waals surface area contributed by atoms with Crippen LogP contribution in [0.4, 0.5) is 5.69 Å². The Hall–Kier alpha value is -3.07. The second-order valence-electron chi connectivity index (χ2n) is 4.57. The van der Waals surface area contributed by atoms with Crippen LogP contribution in [0.25, 0.3) is 11.4 Å². The van der Waals surface area contributed by atoms with E-state index in [0.717, 1.165) is 22.8 Å². The minimum Gasteiger partial charge on any atom is -0.449 e. The number of benzene rings is 1. The normalized spacial score (nSPS) is 10.3. The van der Waals surface area contributed by atoms with Gasteiger partial charge in [0.15, 0.2) is 5.82 Å². The van der Waals surface area contributed by atoms with Gasteiger partial charge in [0, 0.05) is 18.3 Å². The number of anilines is 1. The fraction of sp³-hybridized carbons (Fsp3) is 0.133. The molecule has 6 nitrogen and oxygen atoms in total. The number of aryl methyl sites for hydroxylation is 1. The number of aromatic nitrogens is 3. The van der Waals surface area contributed by atoms with Crippen molar-refractivity contribution < 1.29 is 4.42 Å². The smallest absolute Gasteiger partial charge is 0.203 e. The molecule has 0 aliphatic rings. The predicted octanol–water partition coefficient (Wildman–Crippen LogP) is 2.56. The van der Waals surface area contributed by atoms with E-state index in [0.29, 0.717) is 12.3 Å². The van der Waals surface area contributed by atoms with E-state index in [2.05, 4.69) is 15.5 Å². The van der Waals surface area contributed by atoms with Crippen LogP contribution < -0.4 is 5.32 Å². The summed E-state index contributed by atoms with van der Waals surface area (Å²) < 4.78 is 7.18. The van der Waals surface area contributed by atoms with Crippen LogP contribution in [0.5, 0.6) is 0 Å². The molecule has 3 aromatic rings. The number of nitrogens with one attached hydrogen (secondary N) is 1. The third kappa shape index (κ3) is 2.77. The van der Waals surface area contributed by atoms with Gasteiger partial charge in [0.2, 0.25) is 5.76 Å². The van der Waals surface area contributed by atoms with Gasteiger partial charge < -0.3 is 14.3 Å². The second kappa shape index (κ2) is 5.51. The molecule has 0 radical (unpaired) electrons. The number of hydrogen-bond donors (Lipinski definition) is 1. The van der Waals surface area contributed by atoms with Crippen molar-refractivity contribution in [1.29, 1.82) is 5.26 Å². The first-order valence-corrected chi connectivity index (χ1v) is 6.43. The maximum atomic E-state index is 8.70. The molecule has 2 heterocycles. The molecule has 0 amide bonds. The Bertz CT molecular complexity index is 779. The maximum absolute atomic E-state index is 8.70. The zero-order chi connectivity index (χ0) is 14.7. The van der Waals surface area contributed by atoms with Crippen molar-refractivity contribution in [2.45, 2.75) is 6.54 Å². The van der Waals surface area contributed by atoms with Crippen LogP contribution in [-0.2, 0) is 13.6 Å². The van der Waals surface area contributed by atoms with E-state index in [1.54, 1.807) is 18.5 Å². The van der Waals surface area contributed by atoms with E-state index in [1.807, 2.05) is 41.9 Å². The Morgan fingerprint density at radius 2 is 2.05 bits per heavy atom. The summed E-state index contributed by atoms with van der Waals surface area (Å²) in [6.45, 7) is 0.533. The lowest BCUT2D eigenvalue weighted by Gasteiger charge is -2.06. The van der Waals surface area contributed by atoms with Crippen LogP contribution in [0.1, 0.15) is 11.5 Å². The first-order valence-electron chi connectivity index (χ1n) is 6.43. The standard InChI is InChI=1S/C15H13N5O/c1-20-10-18-19-15(20)11-2-4-12(5-3-11)17-9-14-7-6-13(8-16)21-14/h2-7,10,17H,9H2,1H3. The average molecular weight is 279 g/mol. The van der Waals surface area contributed by atoms with Gasteiger partial charge in [-0.15, -0.1) is 10.2 Å². The monoisotopic (exact) mass is 279 g/mol. The quantitative estimate of drug-likeness (QED) is 0.794. The summed E-state index contributed by atoms with van der Waals surface area (Å²) in [7, 11) is 1.91. The lowest BCUT2D eigenvalue weighted by molar-refractivity contribution is 0.506. The van der Waals surface area contributed by atoms with E-state index in [9.17, 15) is 0 Å². The van der Waals surface area contributed by atoms with Crippen LogP contribution in [0.3, 0.4) is 0 Å². The summed E-state index contributed by atoms with van der Waals surface area (Å²) in [4.78, 5) is 0. The summed E-state index contributed by atoms with van der Waals surface area (Å²) in [5.41, 5.74) is 1.97. The lowest BCUT2D eigenvalue weighted by Crippen LogP contribution is -1.98. The number of nitriles is 1. The summed E-state index contributed by atoms with van der Waals surface area (Å²) in [6.07, 6.45) is 1.67. The first-order chi connectivity index (χ1) is 10.3. The summed E-state index contributed by atoms with van der Waals surface area (Å²) in [6, 6.07) is 13.3. The van der Waals surface area contributed by atoms with Crippen molar-refractivity contribution in [1.82, 2.24) is 14.8 Å². The third-order valence-corrected chi connectivity index (χ3v) is 3.09. The van der Waals surface area contributed by atoms with Crippen molar-refractivity contribution in [3.8, 4) is 17.5 Å². The number of rotatable bonds is 4. The summed E-state index contributed by atoms with van der Waals surface area (Å²) >= 11 is 0. The first kappa shape index (κ1) is 12.9. The summed E-state index contributed by atoms with van der Waals surface area (Å²) in [5.74, 6) is 1.87. The molecule has 3 rings (SSSR count). The molecule has 0 saturated carbocycles. The number of furan rings is 1. The second-order valence-corrected chi connectivity index (χ2v) is 4.57. The number of nitrogens with zero attached hydrogens (tertiary/aromatic N) is 4. The van der Waals surface area contributed by atoms with Gasteiger partial charge >= 0.3 is 0 Å². The molecule has 0 fully saturated rings. The van der Waals surface area contributed by atoms with Gasteiger partial charge in [0.25, 0.3) is 0 Å². The van der Waals surface area contributed by atoms with Crippen LogP contribution in [0.2, 0.25) is 0 Å². The van der Waals surface area contributed by atoms with E-state index < -0.39 is 0 Å². The average Bonchev–Trinajstić information content (AvgIpc) is 3.14. The van der Waals surface area contributed by atoms with Crippen LogP contribution in [0.15, 0.2) is 47.1 Å². The Labute approximate surface area is 121 Å². The van der Waals surface area contributed by atoms with Gasteiger partial charge in [-0.3, -0.25) is 0 Å². The van der Waals surface area contributed by atoms with Crippen LogP contribution in [0, 0.1) is 11.3 Å². The van der Waals surface area contributed by atoms with Crippen LogP contribution >= 0.6 is 0 Å². The minimum atomic E-state index is 0.324. The third-order valence-electron chi connectivity index (χ3n) is 3.09. The highest BCUT2D eigenvalue weighted by Gasteiger charge is 2.05. The number of hydrogen-bond acceptors (Lipinski definition) is 5. The van der Waals surface area contributed by atoms with Gasteiger partial charge in [-0.25, -0.2) is 0 Å². The molecule has 104 valence electrons. The Morgan fingerprint density at radius 1 is 1.24 bits per heavy atom. The zero-order valence-electron chi connectivity index (χ0n) is 11.4. The molecule has 0 aliphatic heterocycles. The molecule has 0 spiro atoms. The minimum absolute atomic E-state index is 0.324. The molecule has 0 bridgehead atoms. The molecule has 1 aromatic carbocycles. The molecule has 21 heavy (non-hydrogen) atoms. The zero-order valence-corrected chi connectivity index (χ0v) is 11.4. The molecule has 0 atom stereocenters. The SMILES string of the molecule is Cn1cnnc1-c1ccc(NCc2ccc(C#N)o2)cc1. The van der Waals surface area contributed by atoms with Gasteiger partial charge in [0.05, 0.1) is 6.54 Å². The fourth-order valence-electron chi connectivity index (χ4n) is 2.00. The van der Waals surface area contributed by atoms with Crippen molar-refractivity contribution in [2.24, 2.45) is 7.05 Å². The van der Waals surface area contributed by atoms with E-state index >= 15 is 0 Å². The maximum Gasteiger partial charge on any atom is 0.203 e. The van der Waals surface area contributed by atoms with Gasteiger partial charge in [-0.1, -0.05) is 0 Å². The Balaban J connectivity index is 1.67. The van der Waals surface area contributed by atoms with E-state index in [4.69, 9.17) is 9.68 Å². The van der Waals surface area contributed by atoms with E-state index in [1.165, 1.54) is 0 Å². The highest BCUT2D eigenvalue weighted by molar-refractivity contribution is 5.59. The topological polar surface area (TPSA) is 79.7 Å². The lowest BCUT2D eigenvalue weighted by atomic mass is 10.2.